The second-order valence-electron chi connectivity index (χ2n) is 6.14. The average Bonchev–Trinajstić information content (AvgIpc) is 3.26. The number of carbonyl (C=O) groups is 2. The van der Waals surface area contributed by atoms with Crippen molar-refractivity contribution in [1.29, 1.82) is 0 Å². The third-order valence-electron chi connectivity index (χ3n) is 4.05. The predicted octanol–water partition coefficient (Wildman–Crippen LogP) is 3.40. The number of halogens is 1. The van der Waals surface area contributed by atoms with E-state index in [1.165, 1.54) is 6.07 Å². The first-order chi connectivity index (χ1) is 11.9. The summed E-state index contributed by atoms with van der Waals surface area (Å²) in [5.74, 6) is -1.62. The Bertz CT molecular complexity index is 797. The van der Waals surface area contributed by atoms with Crippen molar-refractivity contribution in [2.24, 2.45) is 5.92 Å². The molecule has 1 saturated carbocycles. The second kappa shape index (κ2) is 6.96. The van der Waals surface area contributed by atoms with E-state index in [0.29, 0.717) is 18.1 Å². The Balaban J connectivity index is 1.63. The maximum Gasteiger partial charge on any atom is 0.338 e. The number of carboxylic acids is 1. The number of furan rings is 1. The van der Waals surface area contributed by atoms with Gasteiger partial charge in [0.15, 0.2) is 17.3 Å². The van der Waals surface area contributed by atoms with Gasteiger partial charge in [-0.15, -0.1) is 0 Å². The van der Waals surface area contributed by atoms with E-state index in [-0.39, 0.29) is 17.1 Å². The molecule has 1 aliphatic carbocycles. The lowest BCUT2D eigenvalue weighted by atomic mass is 10.1. The summed E-state index contributed by atoms with van der Waals surface area (Å²) < 4.78 is 24.5. The number of hydrogen-bond donors (Lipinski definition) is 2. The van der Waals surface area contributed by atoms with Crippen LogP contribution < -0.4 is 10.1 Å². The van der Waals surface area contributed by atoms with Crippen molar-refractivity contribution >= 4 is 11.9 Å². The van der Waals surface area contributed by atoms with Crippen LogP contribution in [0.15, 0.2) is 34.9 Å². The highest BCUT2D eigenvalue weighted by atomic mass is 19.1. The molecule has 1 amide bonds. The van der Waals surface area contributed by atoms with Crippen LogP contribution in [0.25, 0.3) is 0 Å². The summed E-state index contributed by atoms with van der Waals surface area (Å²) in [6.07, 6.45) is 3.24. The molecule has 1 aromatic heterocycles. The zero-order valence-corrected chi connectivity index (χ0v) is 13.6. The zero-order valence-electron chi connectivity index (χ0n) is 13.6. The lowest BCUT2D eigenvalue weighted by Crippen LogP contribution is -2.26. The first-order valence-electron chi connectivity index (χ1n) is 7.99. The zero-order chi connectivity index (χ0) is 18.0. The number of hydrogen-bond acceptors (Lipinski definition) is 4. The van der Waals surface area contributed by atoms with Gasteiger partial charge in [0.05, 0.1) is 18.2 Å². The van der Waals surface area contributed by atoms with E-state index in [1.54, 1.807) is 19.1 Å². The van der Waals surface area contributed by atoms with E-state index in [0.717, 1.165) is 25.2 Å². The van der Waals surface area contributed by atoms with Gasteiger partial charge in [-0.1, -0.05) is 6.07 Å². The molecule has 0 bridgehead atoms. The van der Waals surface area contributed by atoms with Crippen molar-refractivity contribution < 1.29 is 28.2 Å². The molecule has 1 heterocycles. The minimum atomic E-state index is -1.18. The molecule has 1 unspecified atom stereocenters. The van der Waals surface area contributed by atoms with Crippen LogP contribution in [0.3, 0.4) is 0 Å². The molecular weight excluding hydrogens is 329 g/mol. The third kappa shape index (κ3) is 4.17. The highest BCUT2D eigenvalue weighted by molar-refractivity contribution is 5.95. The fourth-order valence-electron chi connectivity index (χ4n) is 2.31. The van der Waals surface area contributed by atoms with Crippen LogP contribution in [-0.2, 0) is 0 Å². The maximum atomic E-state index is 14.1. The summed E-state index contributed by atoms with van der Waals surface area (Å²) in [7, 11) is 0. The van der Waals surface area contributed by atoms with Gasteiger partial charge < -0.3 is 19.6 Å². The normalized spacial score (nSPS) is 14.8. The summed E-state index contributed by atoms with van der Waals surface area (Å²) in [5.41, 5.74) is 0.454. The van der Waals surface area contributed by atoms with Gasteiger partial charge in [0, 0.05) is 6.07 Å². The van der Waals surface area contributed by atoms with Crippen LogP contribution in [0.4, 0.5) is 4.39 Å². The standard InChI is InChI=1S/C18H18FNO5/c1-10(20-17(21)16-7-13(9-25-16)18(22)23)12-4-5-15(14(19)6-12)24-8-11-2-3-11/h4-7,9-11H,2-3,8H2,1H3,(H,20,21)(H,22,23). The van der Waals surface area contributed by atoms with Crippen LogP contribution in [0.2, 0.25) is 0 Å². The number of carbonyl (C=O) groups excluding carboxylic acids is 1. The van der Waals surface area contributed by atoms with Gasteiger partial charge in [-0.2, -0.15) is 0 Å². The summed E-state index contributed by atoms with van der Waals surface area (Å²) in [6.45, 7) is 2.21. The molecule has 1 atom stereocenters. The lowest BCUT2D eigenvalue weighted by molar-refractivity contribution is 0.0695. The van der Waals surface area contributed by atoms with Crippen LogP contribution in [0.5, 0.6) is 5.75 Å². The number of carboxylic acid groups (broad SMARTS) is 1. The Kier molecular flexibility index (Phi) is 4.74. The van der Waals surface area contributed by atoms with E-state index < -0.39 is 23.7 Å². The molecule has 0 saturated heterocycles. The molecule has 2 aromatic rings. The molecule has 25 heavy (non-hydrogen) atoms. The summed E-state index contributed by atoms with van der Waals surface area (Å²) in [6, 6.07) is 5.20. The first kappa shape index (κ1) is 17.0. The van der Waals surface area contributed by atoms with E-state index in [9.17, 15) is 14.0 Å². The van der Waals surface area contributed by atoms with E-state index in [1.807, 2.05) is 0 Å². The van der Waals surface area contributed by atoms with Gasteiger partial charge in [-0.3, -0.25) is 4.79 Å². The van der Waals surface area contributed by atoms with Crippen molar-refractivity contribution in [3.8, 4) is 5.75 Å². The van der Waals surface area contributed by atoms with Gasteiger partial charge in [0.25, 0.3) is 5.91 Å². The Morgan fingerprint density at radius 1 is 1.40 bits per heavy atom. The average molecular weight is 347 g/mol. The fraction of sp³-hybridized carbons (Fsp3) is 0.333. The molecule has 3 rings (SSSR count). The number of nitrogens with one attached hydrogen (secondary N) is 1. The number of rotatable bonds is 7. The molecule has 1 aliphatic rings. The predicted molar refractivity (Wildman–Crippen MR) is 86.2 cm³/mol. The van der Waals surface area contributed by atoms with Crippen molar-refractivity contribution in [1.82, 2.24) is 5.32 Å². The SMILES string of the molecule is CC(NC(=O)c1cc(C(=O)O)co1)c1ccc(OCC2CC2)c(F)c1. The van der Waals surface area contributed by atoms with Gasteiger partial charge >= 0.3 is 5.97 Å². The monoisotopic (exact) mass is 347 g/mol. The van der Waals surface area contributed by atoms with E-state index >= 15 is 0 Å². The Labute approximate surface area is 143 Å². The molecule has 1 aromatic carbocycles. The Morgan fingerprint density at radius 2 is 2.16 bits per heavy atom. The van der Waals surface area contributed by atoms with Gasteiger partial charge in [0.2, 0.25) is 0 Å². The molecule has 0 spiro atoms. The summed E-state index contributed by atoms with van der Waals surface area (Å²) in [5, 5.41) is 11.5. The molecule has 1 fully saturated rings. The number of aromatic carboxylic acids is 1. The molecule has 7 heteroatoms. The van der Waals surface area contributed by atoms with Gasteiger partial charge in [-0.05, 0) is 43.4 Å². The minimum absolute atomic E-state index is 0.110. The van der Waals surface area contributed by atoms with Crippen LogP contribution in [0.1, 0.15) is 52.3 Å². The van der Waals surface area contributed by atoms with Crippen molar-refractivity contribution in [3.05, 3.63) is 53.2 Å². The van der Waals surface area contributed by atoms with Crippen molar-refractivity contribution in [2.75, 3.05) is 6.61 Å². The van der Waals surface area contributed by atoms with E-state index in [2.05, 4.69) is 5.32 Å². The van der Waals surface area contributed by atoms with E-state index in [4.69, 9.17) is 14.3 Å². The summed E-state index contributed by atoms with van der Waals surface area (Å²) >= 11 is 0. The number of amides is 1. The van der Waals surface area contributed by atoms with Crippen LogP contribution in [0, 0.1) is 11.7 Å². The lowest BCUT2D eigenvalue weighted by Gasteiger charge is -2.15. The first-order valence-corrected chi connectivity index (χ1v) is 7.99. The maximum absolute atomic E-state index is 14.1. The molecule has 132 valence electrons. The summed E-state index contributed by atoms with van der Waals surface area (Å²) in [4.78, 5) is 22.9. The molecule has 6 nitrogen and oxygen atoms in total. The van der Waals surface area contributed by atoms with Crippen LogP contribution >= 0.6 is 0 Å². The highest BCUT2D eigenvalue weighted by Crippen LogP contribution is 2.30. The largest absolute Gasteiger partial charge is 0.490 e. The quantitative estimate of drug-likeness (QED) is 0.801. The van der Waals surface area contributed by atoms with Crippen molar-refractivity contribution in [3.63, 3.8) is 0 Å². The smallest absolute Gasteiger partial charge is 0.338 e. The topological polar surface area (TPSA) is 88.8 Å². The van der Waals surface area contributed by atoms with Gasteiger partial charge in [0.1, 0.15) is 6.26 Å². The minimum Gasteiger partial charge on any atom is -0.490 e. The Hall–Kier alpha value is -2.83. The van der Waals surface area contributed by atoms with Crippen molar-refractivity contribution in [2.45, 2.75) is 25.8 Å². The fourth-order valence-corrected chi connectivity index (χ4v) is 2.31. The second-order valence-corrected chi connectivity index (χ2v) is 6.14. The van der Waals surface area contributed by atoms with Gasteiger partial charge in [-0.25, -0.2) is 9.18 Å². The molecule has 2 N–H and O–H groups in total. The molecular formula is C18H18FNO5. The van der Waals surface area contributed by atoms with Crippen LogP contribution in [-0.4, -0.2) is 23.6 Å². The number of ether oxygens (including phenoxy) is 1. The third-order valence-corrected chi connectivity index (χ3v) is 4.05. The molecule has 0 radical (unpaired) electrons. The number of benzene rings is 1. The highest BCUT2D eigenvalue weighted by Gasteiger charge is 2.23. The molecule has 0 aliphatic heterocycles. The Morgan fingerprint density at radius 3 is 2.76 bits per heavy atom.